The molecule has 172 valence electrons. The maximum Gasteiger partial charge on any atom is 0.252 e. The van der Waals surface area contributed by atoms with Gasteiger partial charge in [-0.15, -0.1) is 0 Å². The lowest BCUT2D eigenvalue weighted by Crippen LogP contribution is -2.30. The van der Waals surface area contributed by atoms with Gasteiger partial charge in [-0.05, 0) is 30.7 Å². The molecule has 0 aromatic heterocycles. The Hall–Kier alpha value is -3.29. The molecule has 6 nitrogen and oxygen atoms in total. The lowest BCUT2D eigenvalue weighted by molar-refractivity contribution is 0.0929. The number of carbonyl (C=O) groups excluding carboxylic acids is 2. The molecular weight excluding hydrogens is 436 g/mol. The van der Waals surface area contributed by atoms with Crippen LogP contribution in [0.5, 0.6) is 0 Å². The first-order chi connectivity index (χ1) is 15.8. The molecule has 0 spiro atoms. The quantitative estimate of drug-likeness (QED) is 0.475. The molecule has 1 N–H and O–H groups in total. The second kappa shape index (κ2) is 10.6. The molecule has 0 aliphatic rings. The summed E-state index contributed by atoms with van der Waals surface area (Å²) < 4.78 is 26.8. The molecule has 1 amide bonds. The van der Waals surface area contributed by atoms with Crippen LogP contribution in [0.25, 0.3) is 0 Å². The SMILES string of the molecule is CCN(CC)S(=O)(=O)c1ccc(C(C)NC(=O)c2ccccc2C(=O)c2ccccc2)cc1. The zero-order valence-electron chi connectivity index (χ0n) is 19.0. The average Bonchev–Trinajstić information content (AvgIpc) is 2.84. The Morgan fingerprint density at radius 3 is 1.94 bits per heavy atom. The van der Waals surface area contributed by atoms with Crippen molar-refractivity contribution in [2.75, 3.05) is 13.1 Å². The van der Waals surface area contributed by atoms with E-state index in [0.717, 1.165) is 5.56 Å². The first-order valence-electron chi connectivity index (χ1n) is 10.9. The van der Waals surface area contributed by atoms with E-state index in [9.17, 15) is 18.0 Å². The van der Waals surface area contributed by atoms with E-state index in [1.807, 2.05) is 13.0 Å². The lowest BCUT2D eigenvalue weighted by Gasteiger charge is -2.19. The minimum atomic E-state index is -3.54. The van der Waals surface area contributed by atoms with Crippen LogP contribution in [0.3, 0.4) is 0 Å². The Bertz CT molecular complexity index is 1220. The highest BCUT2D eigenvalue weighted by Crippen LogP contribution is 2.21. The van der Waals surface area contributed by atoms with Crippen LogP contribution in [0.15, 0.2) is 83.8 Å². The zero-order chi connectivity index (χ0) is 24.0. The van der Waals surface area contributed by atoms with Crippen LogP contribution in [-0.4, -0.2) is 37.5 Å². The first kappa shape index (κ1) is 24.4. The van der Waals surface area contributed by atoms with E-state index >= 15 is 0 Å². The monoisotopic (exact) mass is 464 g/mol. The minimum Gasteiger partial charge on any atom is -0.345 e. The Balaban J connectivity index is 1.79. The number of ketones is 1. The second-order valence-corrected chi connectivity index (χ2v) is 9.53. The lowest BCUT2D eigenvalue weighted by atomic mass is 9.97. The van der Waals surface area contributed by atoms with Gasteiger partial charge in [0.25, 0.3) is 5.91 Å². The number of nitrogens with zero attached hydrogens (tertiary/aromatic N) is 1. The molecule has 0 aliphatic heterocycles. The molecule has 3 aromatic rings. The third kappa shape index (κ3) is 5.38. The van der Waals surface area contributed by atoms with Crippen molar-refractivity contribution >= 4 is 21.7 Å². The summed E-state index contributed by atoms with van der Waals surface area (Å²) in [6.07, 6.45) is 0. The van der Waals surface area contributed by atoms with Crippen LogP contribution in [0.4, 0.5) is 0 Å². The summed E-state index contributed by atoms with van der Waals surface area (Å²) in [7, 11) is -3.54. The van der Waals surface area contributed by atoms with Gasteiger partial charge in [-0.25, -0.2) is 8.42 Å². The van der Waals surface area contributed by atoms with E-state index in [1.165, 1.54) is 4.31 Å². The van der Waals surface area contributed by atoms with Crippen molar-refractivity contribution < 1.29 is 18.0 Å². The molecule has 1 atom stereocenters. The van der Waals surface area contributed by atoms with Crippen molar-refractivity contribution in [3.63, 3.8) is 0 Å². The number of hydrogen-bond donors (Lipinski definition) is 1. The van der Waals surface area contributed by atoms with Crippen LogP contribution >= 0.6 is 0 Å². The fourth-order valence-electron chi connectivity index (χ4n) is 3.62. The molecule has 3 rings (SSSR count). The molecule has 1 unspecified atom stereocenters. The van der Waals surface area contributed by atoms with Gasteiger partial charge in [0.15, 0.2) is 5.78 Å². The normalized spacial score (nSPS) is 12.4. The highest BCUT2D eigenvalue weighted by Gasteiger charge is 2.23. The van der Waals surface area contributed by atoms with Gasteiger partial charge in [-0.1, -0.05) is 74.5 Å². The number of amides is 1. The smallest absolute Gasteiger partial charge is 0.252 e. The van der Waals surface area contributed by atoms with Gasteiger partial charge in [-0.2, -0.15) is 4.31 Å². The standard InChI is InChI=1S/C26H28N2O4S/c1-4-28(5-2)33(31,32)22-17-15-20(16-18-22)19(3)27-26(30)24-14-10-9-13-23(24)25(29)21-11-7-6-8-12-21/h6-19H,4-5H2,1-3H3,(H,27,30). The fraction of sp³-hybridized carbons (Fsp3) is 0.231. The molecular formula is C26H28N2O4S. The average molecular weight is 465 g/mol. The highest BCUT2D eigenvalue weighted by molar-refractivity contribution is 7.89. The third-order valence-electron chi connectivity index (χ3n) is 5.52. The van der Waals surface area contributed by atoms with Gasteiger partial charge < -0.3 is 5.32 Å². The van der Waals surface area contributed by atoms with Crippen molar-refractivity contribution in [1.82, 2.24) is 9.62 Å². The summed E-state index contributed by atoms with van der Waals surface area (Å²) in [5.41, 5.74) is 1.89. The van der Waals surface area contributed by atoms with Crippen LogP contribution in [0.2, 0.25) is 0 Å². The summed E-state index contributed by atoms with van der Waals surface area (Å²) in [4.78, 5) is 26.1. The maximum absolute atomic E-state index is 13.0. The van der Waals surface area contributed by atoms with Gasteiger partial charge in [0.2, 0.25) is 10.0 Å². The van der Waals surface area contributed by atoms with E-state index < -0.39 is 10.0 Å². The van der Waals surface area contributed by atoms with Gasteiger partial charge >= 0.3 is 0 Å². The van der Waals surface area contributed by atoms with Gasteiger partial charge in [0, 0.05) is 24.2 Å². The minimum absolute atomic E-state index is 0.215. The Kier molecular flexibility index (Phi) is 7.79. The maximum atomic E-state index is 13.0. The van der Waals surface area contributed by atoms with E-state index in [1.54, 1.807) is 86.6 Å². The molecule has 0 saturated heterocycles. The van der Waals surface area contributed by atoms with Crippen LogP contribution in [0, 0.1) is 0 Å². The van der Waals surface area contributed by atoms with Crippen molar-refractivity contribution in [2.45, 2.75) is 31.7 Å². The second-order valence-electron chi connectivity index (χ2n) is 7.59. The predicted molar refractivity (Wildman–Crippen MR) is 129 cm³/mol. The molecule has 0 saturated carbocycles. The molecule has 7 heteroatoms. The van der Waals surface area contributed by atoms with Crippen molar-refractivity contribution in [3.05, 3.63) is 101 Å². The third-order valence-corrected chi connectivity index (χ3v) is 7.59. The Morgan fingerprint density at radius 1 is 0.818 bits per heavy atom. The first-order valence-corrected chi connectivity index (χ1v) is 12.3. The van der Waals surface area contributed by atoms with Gasteiger partial charge in [0.1, 0.15) is 0 Å². The Morgan fingerprint density at radius 2 is 1.36 bits per heavy atom. The van der Waals surface area contributed by atoms with E-state index in [0.29, 0.717) is 29.8 Å². The summed E-state index contributed by atoms with van der Waals surface area (Å²) in [6.45, 7) is 6.20. The molecule has 0 heterocycles. The van der Waals surface area contributed by atoms with Crippen molar-refractivity contribution in [1.29, 1.82) is 0 Å². The van der Waals surface area contributed by atoms with Crippen LogP contribution in [-0.2, 0) is 10.0 Å². The number of hydrogen-bond acceptors (Lipinski definition) is 4. The molecule has 3 aromatic carbocycles. The molecule has 0 bridgehead atoms. The van der Waals surface area contributed by atoms with Crippen molar-refractivity contribution in [3.8, 4) is 0 Å². The predicted octanol–water partition coefficient (Wildman–Crippen LogP) is 4.44. The molecule has 0 fully saturated rings. The fourth-order valence-corrected chi connectivity index (χ4v) is 5.08. The number of rotatable bonds is 9. The number of sulfonamides is 1. The van der Waals surface area contributed by atoms with Crippen LogP contribution in [0.1, 0.15) is 58.7 Å². The van der Waals surface area contributed by atoms with Crippen molar-refractivity contribution in [2.24, 2.45) is 0 Å². The number of carbonyl (C=O) groups is 2. The van der Waals surface area contributed by atoms with Gasteiger partial charge in [-0.3, -0.25) is 9.59 Å². The highest BCUT2D eigenvalue weighted by atomic mass is 32.2. The number of benzene rings is 3. The van der Waals surface area contributed by atoms with Gasteiger partial charge in [0.05, 0.1) is 16.5 Å². The number of nitrogens with one attached hydrogen (secondary N) is 1. The summed E-state index contributed by atoms with van der Waals surface area (Å²) in [5.74, 6) is -0.595. The largest absolute Gasteiger partial charge is 0.345 e. The van der Waals surface area contributed by atoms with E-state index in [2.05, 4.69) is 5.32 Å². The molecule has 33 heavy (non-hydrogen) atoms. The molecule has 0 aliphatic carbocycles. The zero-order valence-corrected chi connectivity index (χ0v) is 19.8. The van der Waals surface area contributed by atoms with E-state index in [4.69, 9.17) is 0 Å². The summed E-state index contributed by atoms with van der Waals surface area (Å²) in [6, 6.07) is 21.6. The summed E-state index contributed by atoms with van der Waals surface area (Å²) in [5, 5.41) is 2.91. The topological polar surface area (TPSA) is 83.6 Å². The van der Waals surface area contributed by atoms with E-state index in [-0.39, 0.29) is 22.6 Å². The molecule has 0 radical (unpaired) electrons. The summed E-state index contributed by atoms with van der Waals surface area (Å²) >= 11 is 0. The Labute approximate surface area is 195 Å². The van der Waals surface area contributed by atoms with Crippen LogP contribution < -0.4 is 5.32 Å².